The molecule has 84 valence electrons. The van der Waals surface area contributed by atoms with Crippen molar-refractivity contribution >= 4 is 12.4 Å². The topological polar surface area (TPSA) is 46.6 Å². The van der Waals surface area contributed by atoms with Crippen molar-refractivity contribution in [1.82, 2.24) is 4.90 Å². The molecule has 5 heteroatoms. The third kappa shape index (κ3) is 3.04. The number of likely N-dealkylation sites (tertiary alicyclic amines) is 1. The lowest BCUT2D eigenvalue weighted by Gasteiger charge is -2.35. The van der Waals surface area contributed by atoms with Crippen molar-refractivity contribution in [3.05, 3.63) is 11.4 Å². The molecule has 0 spiro atoms. The van der Waals surface area contributed by atoms with E-state index in [0.717, 1.165) is 0 Å². The molecule has 15 heavy (non-hydrogen) atoms. The summed E-state index contributed by atoms with van der Waals surface area (Å²) in [7, 11) is 0. The Balaban J connectivity index is 2.46. The van der Waals surface area contributed by atoms with Gasteiger partial charge >= 0.3 is 6.09 Å². The van der Waals surface area contributed by atoms with Gasteiger partial charge in [-0.15, -0.1) is 0 Å². The molecule has 0 aliphatic carbocycles. The molecule has 1 aliphatic rings. The molecule has 0 radical (unpaired) electrons. The average Bonchev–Trinajstić information content (AvgIpc) is 1.97. The van der Waals surface area contributed by atoms with Crippen LogP contribution in [0.15, 0.2) is 11.4 Å². The maximum Gasteiger partial charge on any atom is 0.410 e. The van der Waals surface area contributed by atoms with Gasteiger partial charge in [-0.3, -0.25) is 9.69 Å². The first-order valence-corrected chi connectivity index (χ1v) is 4.64. The molecule has 0 bridgehead atoms. The highest BCUT2D eigenvalue weighted by Crippen LogP contribution is 2.21. The fourth-order valence-corrected chi connectivity index (χ4v) is 1.10. The summed E-state index contributed by atoms with van der Waals surface area (Å²) in [5.74, 6) is -0.783. The zero-order chi connectivity index (χ0) is 11.6. The molecule has 1 aliphatic heterocycles. The van der Waals surface area contributed by atoms with E-state index in [1.165, 1.54) is 4.90 Å². The molecule has 0 aromatic heterocycles. The van der Waals surface area contributed by atoms with Gasteiger partial charge in [0.1, 0.15) is 5.60 Å². The monoisotopic (exact) mass is 215 g/mol. The molecule has 0 aromatic rings. The fraction of sp³-hybridized carbons (Fsp3) is 0.600. The quantitative estimate of drug-likeness (QED) is 0.493. The van der Waals surface area contributed by atoms with Gasteiger partial charge in [0.15, 0.2) is 12.1 Å². The number of allylic oxidation sites excluding steroid dienone is 1. The van der Waals surface area contributed by atoms with E-state index in [1.807, 2.05) is 0 Å². The van der Waals surface area contributed by atoms with Crippen LogP contribution in [0.3, 0.4) is 0 Å². The number of halogens is 1. The van der Waals surface area contributed by atoms with E-state index in [0.29, 0.717) is 5.57 Å². The predicted molar refractivity (Wildman–Crippen MR) is 52.0 cm³/mol. The van der Waals surface area contributed by atoms with E-state index < -0.39 is 17.5 Å². The highest BCUT2D eigenvalue weighted by Gasteiger charge is 2.31. The number of carbonyl (C=O) groups excluding carboxylic acids is 2. The number of ether oxygens (including phenoxy) is 1. The first-order valence-electron chi connectivity index (χ1n) is 4.64. The molecule has 0 aromatic carbocycles. The normalized spacial score (nSPS) is 15.7. The Kier molecular flexibility index (Phi) is 3.12. The van der Waals surface area contributed by atoms with E-state index in [9.17, 15) is 14.0 Å². The Hall–Kier alpha value is -1.39. The molecular weight excluding hydrogens is 201 g/mol. The molecule has 0 N–H and O–H groups in total. The summed E-state index contributed by atoms with van der Waals surface area (Å²) >= 11 is 0. The van der Waals surface area contributed by atoms with Crippen LogP contribution in [0.4, 0.5) is 9.18 Å². The maximum absolute atomic E-state index is 12.7. The van der Waals surface area contributed by atoms with Crippen LogP contribution >= 0.6 is 0 Å². The lowest BCUT2D eigenvalue weighted by Crippen LogP contribution is -2.47. The van der Waals surface area contributed by atoms with Gasteiger partial charge in [-0.2, -0.15) is 0 Å². The minimum absolute atomic E-state index is 0.138. The van der Waals surface area contributed by atoms with Gasteiger partial charge in [0.25, 0.3) is 0 Å². The highest BCUT2D eigenvalue weighted by molar-refractivity contribution is 5.75. The number of carbonyl (C=O) groups is 2. The van der Waals surface area contributed by atoms with Crippen LogP contribution in [0.25, 0.3) is 0 Å². The first kappa shape index (κ1) is 11.7. The van der Waals surface area contributed by atoms with Crippen molar-refractivity contribution in [2.75, 3.05) is 13.1 Å². The molecule has 0 saturated carbocycles. The summed E-state index contributed by atoms with van der Waals surface area (Å²) in [4.78, 5) is 22.8. The van der Waals surface area contributed by atoms with Crippen molar-refractivity contribution in [3.8, 4) is 0 Å². The van der Waals surface area contributed by atoms with Gasteiger partial charge in [0.05, 0.1) is 13.1 Å². The molecule has 1 heterocycles. The van der Waals surface area contributed by atoms with Crippen LogP contribution in [0, 0.1) is 0 Å². The summed E-state index contributed by atoms with van der Waals surface area (Å²) < 4.78 is 17.7. The second kappa shape index (κ2) is 4.00. The largest absolute Gasteiger partial charge is 0.444 e. The van der Waals surface area contributed by atoms with Crippen molar-refractivity contribution < 1.29 is 18.7 Å². The zero-order valence-corrected chi connectivity index (χ0v) is 9.04. The maximum atomic E-state index is 12.7. The van der Waals surface area contributed by atoms with E-state index in [2.05, 4.69) is 0 Å². The van der Waals surface area contributed by atoms with E-state index >= 15 is 0 Å². The van der Waals surface area contributed by atoms with Crippen molar-refractivity contribution in [3.63, 3.8) is 0 Å². The third-order valence-electron chi connectivity index (χ3n) is 1.86. The second-order valence-electron chi connectivity index (χ2n) is 4.41. The number of hydrogen-bond donors (Lipinski definition) is 0. The third-order valence-corrected chi connectivity index (χ3v) is 1.86. The van der Waals surface area contributed by atoms with Gasteiger partial charge in [-0.05, 0) is 20.8 Å². The van der Waals surface area contributed by atoms with Crippen LogP contribution in [-0.2, 0) is 9.53 Å². The summed E-state index contributed by atoms with van der Waals surface area (Å²) in [6.45, 7) is 5.55. The Morgan fingerprint density at radius 1 is 1.47 bits per heavy atom. The summed E-state index contributed by atoms with van der Waals surface area (Å²) in [6.07, 6.45) is -0.327. The number of hydrogen-bond acceptors (Lipinski definition) is 3. The zero-order valence-electron chi connectivity index (χ0n) is 9.04. The number of nitrogens with zero attached hydrogens (tertiary/aromatic N) is 1. The first-order chi connectivity index (χ1) is 6.83. The number of aldehydes is 1. The minimum Gasteiger partial charge on any atom is -0.444 e. The molecule has 4 nitrogen and oxygen atoms in total. The van der Waals surface area contributed by atoms with Crippen LogP contribution in [0.2, 0.25) is 0 Å². The van der Waals surface area contributed by atoms with Crippen molar-refractivity contribution in [2.24, 2.45) is 0 Å². The van der Waals surface area contributed by atoms with E-state index in [4.69, 9.17) is 4.74 Å². The Morgan fingerprint density at radius 3 is 2.40 bits per heavy atom. The van der Waals surface area contributed by atoms with Crippen LogP contribution in [0.1, 0.15) is 20.8 Å². The highest BCUT2D eigenvalue weighted by atomic mass is 19.1. The molecular formula is C10H14FNO3. The van der Waals surface area contributed by atoms with Gasteiger partial charge < -0.3 is 4.74 Å². The number of rotatable bonds is 1. The van der Waals surface area contributed by atoms with Crippen LogP contribution < -0.4 is 0 Å². The van der Waals surface area contributed by atoms with Crippen molar-refractivity contribution in [1.29, 1.82) is 0 Å². The standard InChI is InChI=1S/C10H14FNO3/c1-10(2,3)15-9(14)12-4-7(5-12)8(11)6-13/h6H,4-5H2,1-3H3. The molecule has 1 fully saturated rings. The SMILES string of the molecule is CC(C)(C)OC(=O)N1CC(=C(F)C=O)C1. The smallest absolute Gasteiger partial charge is 0.410 e. The Bertz CT molecular complexity index is 309. The summed E-state index contributed by atoms with van der Waals surface area (Å²) in [5.41, 5.74) is -0.212. The van der Waals surface area contributed by atoms with Gasteiger partial charge in [-0.1, -0.05) is 0 Å². The van der Waals surface area contributed by atoms with E-state index in [1.54, 1.807) is 20.8 Å². The Labute approximate surface area is 87.7 Å². The molecule has 0 atom stereocenters. The predicted octanol–water partition coefficient (Wildman–Crippen LogP) is 1.66. The second-order valence-corrected chi connectivity index (χ2v) is 4.41. The molecule has 1 rings (SSSR count). The van der Waals surface area contributed by atoms with Gasteiger partial charge in [0.2, 0.25) is 0 Å². The summed E-state index contributed by atoms with van der Waals surface area (Å²) in [5, 5.41) is 0. The average molecular weight is 215 g/mol. The Morgan fingerprint density at radius 2 is 2.00 bits per heavy atom. The fourth-order valence-electron chi connectivity index (χ4n) is 1.10. The van der Waals surface area contributed by atoms with Gasteiger partial charge in [0, 0.05) is 5.57 Å². The van der Waals surface area contributed by atoms with Crippen LogP contribution in [-0.4, -0.2) is 36.0 Å². The number of amides is 1. The minimum atomic E-state index is -0.783. The van der Waals surface area contributed by atoms with Gasteiger partial charge in [-0.25, -0.2) is 9.18 Å². The van der Waals surface area contributed by atoms with E-state index in [-0.39, 0.29) is 19.4 Å². The lowest BCUT2D eigenvalue weighted by molar-refractivity contribution is -0.106. The molecule has 1 amide bonds. The van der Waals surface area contributed by atoms with Crippen molar-refractivity contribution in [2.45, 2.75) is 26.4 Å². The summed E-state index contributed by atoms with van der Waals surface area (Å²) in [6, 6.07) is 0. The molecule has 1 saturated heterocycles. The van der Waals surface area contributed by atoms with Crippen LogP contribution in [0.5, 0.6) is 0 Å². The molecule has 0 unspecified atom stereocenters. The lowest BCUT2D eigenvalue weighted by atomic mass is 10.1.